The van der Waals surface area contributed by atoms with Gasteiger partial charge in [0.25, 0.3) is 5.56 Å². The molecule has 0 radical (unpaired) electrons. The lowest BCUT2D eigenvalue weighted by atomic mass is 10.1. The molecule has 0 aliphatic carbocycles. The van der Waals surface area contributed by atoms with Crippen molar-refractivity contribution in [3.05, 3.63) is 63.2 Å². The van der Waals surface area contributed by atoms with Gasteiger partial charge in [0.1, 0.15) is 5.75 Å². The van der Waals surface area contributed by atoms with Crippen LogP contribution in [0, 0.1) is 4.77 Å². The average Bonchev–Trinajstić information content (AvgIpc) is 2.60. The zero-order valence-electron chi connectivity index (χ0n) is 13.7. The molecule has 3 aromatic rings. The number of aromatic nitrogens is 2. The van der Waals surface area contributed by atoms with Crippen LogP contribution >= 0.6 is 12.2 Å². The molecule has 0 fully saturated rings. The summed E-state index contributed by atoms with van der Waals surface area (Å²) in [6.45, 7) is 0. The van der Waals surface area contributed by atoms with Crippen LogP contribution in [0.25, 0.3) is 16.6 Å². The van der Waals surface area contributed by atoms with Gasteiger partial charge in [-0.25, -0.2) is 4.79 Å². The van der Waals surface area contributed by atoms with Crippen molar-refractivity contribution in [2.75, 3.05) is 7.11 Å². The molecule has 10 heteroatoms. The van der Waals surface area contributed by atoms with E-state index in [2.05, 4.69) is 14.5 Å². The first-order chi connectivity index (χ1) is 12.7. The highest BCUT2D eigenvalue weighted by molar-refractivity contribution is 7.71. The van der Waals surface area contributed by atoms with Crippen LogP contribution in [-0.4, -0.2) is 29.0 Å². The second-order valence-electron chi connectivity index (χ2n) is 5.36. The van der Waals surface area contributed by atoms with Crippen LogP contribution in [0.2, 0.25) is 0 Å². The number of hydrogen-bond donors (Lipinski definition) is 1. The van der Waals surface area contributed by atoms with Crippen molar-refractivity contribution in [3.63, 3.8) is 0 Å². The smallest absolute Gasteiger partial charge is 0.465 e. The van der Waals surface area contributed by atoms with Gasteiger partial charge in [-0.15, -0.1) is 13.2 Å². The Kier molecular flexibility index (Phi) is 4.75. The molecule has 2 aromatic carbocycles. The average molecular weight is 396 g/mol. The summed E-state index contributed by atoms with van der Waals surface area (Å²) in [6.07, 6.45) is -4.81. The molecule has 1 N–H and O–H groups in total. The molecule has 1 aromatic heterocycles. The van der Waals surface area contributed by atoms with Gasteiger partial charge in [-0.3, -0.25) is 9.36 Å². The molecule has 1 heterocycles. The van der Waals surface area contributed by atoms with E-state index in [9.17, 15) is 22.8 Å². The maximum absolute atomic E-state index is 12.8. The van der Waals surface area contributed by atoms with Crippen LogP contribution in [0.3, 0.4) is 0 Å². The summed E-state index contributed by atoms with van der Waals surface area (Å²) in [5.74, 6) is -0.988. The Bertz CT molecular complexity index is 1130. The van der Waals surface area contributed by atoms with E-state index >= 15 is 0 Å². The number of hydrogen-bond acceptors (Lipinski definition) is 5. The number of esters is 1. The van der Waals surface area contributed by atoms with Gasteiger partial charge >= 0.3 is 12.3 Å². The van der Waals surface area contributed by atoms with E-state index in [0.717, 1.165) is 16.7 Å². The molecule has 6 nitrogen and oxygen atoms in total. The highest BCUT2D eigenvalue weighted by atomic mass is 32.1. The fourth-order valence-corrected chi connectivity index (χ4v) is 2.79. The number of fused-ring (bicyclic) bond motifs is 1. The van der Waals surface area contributed by atoms with Crippen LogP contribution in [0.5, 0.6) is 5.75 Å². The summed E-state index contributed by atoms with van der Waals surface area (Å²) in [5.41, 5.74) is 0.340. The van der Waals surface area contributed by atoms with Crippen molar-refractivity contribution in [1.82, 2.24) is 9.55 Å². The Hall–Kier alpha value is -3.14. The van der Waals surface area contributed by atoms with E-state index in [0.29, 0.717) is 5.52 Å². The second kappa shape index (κ2) is 6.88. The number of rotatable bonds is 3. The van der Waals surface area contributed by atoms with Gasteiger partial charge < -0.3 is 14.5 Å². The Morgan fingerprint density at radius 2 is 1.81 bits per heavy atom. The van der Waals surface area contributed by atoms with Crippen molar-refractivity contribution in [3.8, 4) is 11.4 Å². The van der Waals surface area contributed by atoms with Crippen LogP contribution in [-0.2, 0) is 4.74 Å². The Morgan fingerprint density at radius 3 is 2.41 bits per heavy atom. The highest BCUT2D eigenvalue weighted by Crippen LogP contribution is 2.23. The molecular weight excluding hydrogens is 385 g/mol. The summed E-state index contributed by atoms with van der Waals surface area (Å²) in [7, 11) is 1.24. The number of alkyl halides is 3. The maximum atomic E-state index is 12.8. The van der Waals surface area contributed by atoms with Gasteiger partial charge in [0.05, 0.1) is 29.3 Å². The van der Waals surface area contributed by atoms with Crippen molar-refractivity contribution < 1.29 is 27.4 Å². The van der Waals surface area contributed by atoms with E-state index in [-0.39, 0.29) is 21.4 Å². The number of halogens is 3. The van der Waals surface area contributed by atoms with E-state index in [1.54, 1.807) is 0 Å². The predicted octanol–water partition coefficient (Wildman–Crippen LogP) is 3.73. The van der Waals surface area contributed by atoms with Crippen LogP contribution in [0.1, 0.15) is 10.4 Å². The van der Waals surface area contributed by atoms with Gasteiger partial charge in [0.2, 0.25) is 0 Å². The third-order valence-corrected chi connectivity index (χ3v) is 3.93. The topological polar surface area (TPSA) is 73.3 Å². The number of aromatic amines is 1. The highest BCUT2D eigenvalue weighted by Gasteiger charge is 2.31. The van der Waals surface area contributed by atoms with E-state index in [1.165, 1.54) is 37.4 Å². The lowest BCUT2D eigenvalue weighted by molar-refractivity contribution is -0.274. The van der Waals surface area contributed by atoms with Crippen molar-refractivity contribution >= 4 is 29.1 Å². The minimum atomic E-state index is -4.81. The third-order valence-electron chi connectivity index (χ3n) is 3.65. The second-order valence-corrected chi connectivity index (χ2v) is 5.75. The van der Waals surface area contributed by atoms with Crippen molar-refractivity contribution in [1.29, 1.82) is 0 Å². The van der Waals surface area contributed by atoms with Crippen LogP contribution < -0.4 is 10.3 Å². The van der Waals surface area contributed by atoms with Crippen molar-refractivity contribution in [2.45, 2.75) is 6.36 Å². The fraction of sp³-hybridized carbons (Fsp3) is 0.118. The summed E-state index contributed by atoms with van der Waals surface area (Å²) in [6, 6.07) is 9.01. The fourth-order valence-electron chi connectivity index (χ4n) is 2.49. The number of carbonyl (C=O) groups is 1. The standard InChI is InChI=1S/C17H11F3N2O4S/c1-25-15(24)9-2-7-12-13(8-9)21-16(27)22(14(12)23)10-3-5-11(6-4-10)26-17(18,19)20/h2-8H,1H3,(H,21,27). The Labute approximate surface area is 154 Å². The minimum Gasteiger partial charge on any atom is -0.465 e. The SMILES string of the molecule is COC(=O)c1ccc2c(=O)n(-c3ccc(OC(F)(F)F)cc3)c(=S)[nH]c2c1. The lowest BCUT2D eigenvalue weighted by Crippen LogP contribution is -2.21. The molecule has 0 unspecified atom stereocenters. The number of methoxy groups -OCH3 is 1. The van der Waals surface area contributed by atoms with E-state index in [1.807, 2.05) is 0 Å². The molecule has 0 atom stereocenters. The number of benzene rings is 2. The normalized spacial score (nSPS) is 11.4. The molecule has 0 saturated carbocycles. The number of carbonyl (C=O) groups excluding carboxylic acids is 1. The number of ether oxygens (including phenoxy) is 2. The molecular formula is C17H11F3N2O4S. The number of H-pyrrole nitrogens is 1. The molecule has 0 aliphatic rings. The lowest BCUT2D eigenvalue weighted by Gasteiger charge is -2.11. The van der Waals surface area contributed by atoms with Gasteiger partial charge in [-0.2, -0.15) is 0 Å². The first-order valence-electron chi connectivity index (χ1n) is 7.43. The molecule has 0 aliphatic heterocycles. The van der Waals surface area contributed by atoms with E-state index in [4.69, 9.17) is 12.2 Å². The van der Waals surface area contributed by atoms with Gasteiger partial charge in [0, 0.05) is 0 Å². The van der Waals surface area contributed by atoms with Crippen LogP contribution in [0.15, 0.2) is 47.3 Å². The maximum Gasteiger partial charge on any atom is 0.573 e. The van der Waals surface area contributed by atoms with Crippen LogP contribution in [0.4, 0.5) is 13.2 Å². The summed E-state index contributed by atoms with van der Waals surface area (Å²) in [5, 5.41) is 0.242. The quantitative estimate of drug-likeness (QED) is 0.540. The first-order valence-corrected chi connectivity index (χ1v) is 7.84. The van der Waals surface area contributed by atoms with Gasteiger partial charge in [-0.1, -0.05) is 0 Å². The van der Waals surface area contributed by atoms with Gasteiger partial charge in [0.15, 0.2) is 4.77 Å². The minimum absolute atomic E-state index is 0.0130. The molecule has 3 rings (SSSR count). The van der Waals surface area contributed by atoms with E-state index < -0.39 is 23.6 Å². The van der Waals surface area contributed by atoms with Gasteiger partial charge in [-0.05, 0) is 54.7 Å². The molecule has 0 bridgehead atoms. The molecule has 0 saturated heterocycles. The predicted molar refractivity (Wildman–Crippen MR) is 92.8 cm³/mol. The zero-order chi connectivity index (χ0) is 19.8. The Balaban J connectivity index is 2.09. The zero-order valence-corrected chi connectivity index (χ0v) is 14.5. The molecule has 0 spiro atoms. The van der Waals surface area contributed by atoms with Crippen molar-refractivity contribution in [2.24, 2.45) is 0 Å². The summed E-state index contributed by atoms with van der Waals surface area (Å²) >= 11 is 5.19. The number of nitrogens with zero attached hydrogens (tertiary/aromatic N) is 1. The Morgan fingerprint density at radius 1 is 1.15 bits per heavy atom. The molecule has 140 valence electrons. The largest absolute Gasteiger partial charge is 0.573 e. The number of nitrogens with one attached hydrogen (secondary N) is 1. The molecule has 0 amide bonds. The third kappa shape index (κ3) is 3.85. The first kappa shape index (κ1) is 18.6. The summed E-state index contributed by atoms with van der Waals surface area (Å²) in [4.78, 5) is 27.2. The monoisotopic (exact) mass is 396 g/mol. The molecule has 27 heavy (non-hydrogen) atoms. The summed E-state index contributed by atoms with van der Waals surface area (Å²) < 4.78 is 46.3.